The molecule has 0 aromatic carbocycles. The van der Waals surface area contributed by atoms with Crippen LogP contribution in [0.25, 0.3) is 0 Å². The molecule has 0 fully saturated rings. The van der Waals surface area contributed by atoms with E-state index in [9.17, 15) is 4.79 Å². The number of aromatic amines is 1. The van der Waals surface area contributed by atoms with E-state index in [-0.39, 0.29) is 5.56 Å². The SMILES string of the molecule is CCc1nc(N(C)C)[nH]c(=O)c1C. The molecule has 0 aliphatic heterocycles. The number of H-pyrrole nitrogens is 1. The zero-order chi connectivity index (χ0) is 10.0. The molecule has 0 saturated carbocycles. The van der Waals surface area contributed by atoms with E-state index in [0.29, 0.717) is 11.5 Å². The molecule has 4 nitrogen and oxygen atoms in total. The van der Waals surface area contributed by atoms with Crippen molar-refractivity contribution >= 4 is 5.95 Å². The van der Waals surface area contributed by atoms with Crippen LogP contribution >= 0.6 is 0 Å². The monoisotopic (exact) mass is 181 g/mol. The van der Waals surface area contributed by atoms with Crippen molar-refractivity contribution in [3.8, 4) is 0 Å². The van der Waals surface area contributed by atoms with Crippen molar-refractivity contribution in [2.75, 3.05) is 19.0 Å². The van der Waals surface area contributed by atoms with Crippen LogP contribution in [0.5, 0.6) is 0 Å². The number of aryl methyl sites for hydroxylation is 1. The second kappa shape index (κ2) is 3.60. The smallest absolute Gasteiger partial charge is 0.255 e. The van der Waals surface area contributed by atoms with Gasteiger partial charge in [-0.2, -0.15) is 0 Å². The van der Waals surface area contributed by atoms with Gasteiger partial charge in [0, 0.05) is 19.7 Å². The lowest BCUT2D eigenvalue weighted by atomic mass is 10.2. The van der Waals surface area contributed by atoms with Crippen LogP contribution in [0.15, 0.2) is 4.79 Å². The summed E-state index contributed by atoms with van der Waals surface area (Å²) in [7, 11) is 3.71. The molecular weight excluding hydrogens is 166 g/mol. The summed E-state index contributed by atoms with van der Waals surface area (Å²) in [5, 5.41) is 0. The van der Waals surface area contributed by atoms with E-state index in [0.717, 1.165) is 12.1 Å². The van der Waals surface area contributed by atoms with E-state index < -0.39 is 0 Å². The second-order valence-electron chi connectivity index (χ2n) is 3.21. The maximum atomic E-state index is 11.4. The van der Waals surface area contributed by atoms with E-state index in [1.54, 1.807) is 11.8 Å². The van der Waals surface area contributed by atoms with Crippen LogP contribution in [0.2, 0.25) is 0 Å². The third-order valence-corrected chi connectivity index (χ3v) is 2.00. The molecular formula is C9H15N3O. The van der Waals surface area contributed by atoms with E-state index in [1.165, 1.54) is 0 Å². The Kier molecular flexibility index (Phi) is 2.70. The summed E-state index contributed by atoms with van der Waals surface area (Å²) in [6, 6.07) is 0. The molecule has 1 heterocycles. The van der Waals surface area contributed by atoms with Gasteiger partial charge in [-0.15, -0.1) is 0 Å². The molecule has 0 radical (unpaired) electrons. The fourth-order valence-corrected chi connectivity index (χ4v) is 1.12. The number of nitrogens with zero attached hydrogens (tertiary/aromatic N) is 2. The van der Waals surface area contributed by atoms with Crippen LogP contribution in [0.1, 0.15) is 18.2 Å². The highest BCUT2D eigenvalue weighted by atomic mass is 16.1. The number of anilines is 1. The molecule has 1 aromatic heterocycles. The minimum atomic E-state index is -0.0458. The van der Waals surface area contributed by atoms with Crippen LogP contribution in [0, 0.1) is 6.92 Å². The first kappa shape index (κ1) is 9.77. The van der Waals surface area contributed by atoms with E-state index in [1.807, 2.05) is 21.0 Å². The summed E-state index contributed by atoms with van der Waals surface area (Å²) in [5.41, 5.74) is 1.54. The van der Waals surface area contributed by atoms with Crippen LogP contribution in [0.3, 0.4) is 0 Å². The Balaban J connectivity index is 3.31. The maximum absolute atomic E-state index is 11.4. The topological polar surface area (TPSA) is 49.0 Å². The lowest BCUT2D eigenvalue weighted by Gasteiger charge is -2.12. The van der Waals surface area contributed by atoms with E-state index >= 15 is 0 Å². The molecule has 0 bridgehead atoms. The first-order valence-electron chi connectivity index (χ1n) is 4.33. The molecule has 1 rings (SSSR count). The Morgan fingerprint density at radius 2 is 2.08 bits per heavy atom. The molecule has 0 aliphatic rings. The lowest BCUT2D eigenvalue weighted by Crippen LogP contribution is -2.22. The molecule has 0 amide bonds. The molecule has 13 heavy (non-hydrogen) atoms. The Morgan fingerprint density at radius 1 is 1.46 bits per heavy atom. The van der Waals surface area contributed by atoms with Gasteiger partial charge in [-0.3, -0.25) is 9.78 Å². The van der Waals surface area contributed by atoms with Gasteiger partial charge in [-0.05, 0) is 13.3 Å². The van der Waals surface area contributed by atoms with Crippen LogP contribution in [-0.4, -0.2) is 24.1 Å². The molecule has 72 valence electrons. The Labute approximate surface area is 77.6 Å². The lowest BCUT2D eigenvalue weighted by molar-refractivity contribution is 0.903. The van der Waals surface area contributed by atoms with Gasteiger partial charge in [0.2, 0.25) is 5.95 Å². The highest BCUT2D eigenvalue weighted by molar-refractivity contribution is 5.30. The summed E-state index contributed by atoms with van der Waals surface area (Å²) in [6.07, 6.45) is 0.788. The molecule has 1 aromatic rings. The molecule has 4 heteroatoms. The summed E-state index contributed by atoms with van der Waals surface area (Å²) in [6.45, 7) is 3.79. The quantitative estimate of drug-likeness (QED) is 0.731. The first-order valence-corrected chi connectivity index (χ1v) is 4.33. The van der Waals surface area contributed by atoms with Gasteiger partial charge in [0.1, 0.15) is 0 Å². The highest BCUT2D eigenvalue weighted by Crippen LogP contribution is 2.05. The fourth-order valence-electron chi connectivity index (χ4n) is 1.12. The summed E-state index contributed by atoms with van der Waals surface area (Å²) >= 11 is 0. The van der Waals surface area contributed by atoms with Crippen molar-refractivity contribution in [3.63, 3.8) is 0 Å². The van der Waals surface area contributed by atoms with Gasteiger partial charge < -0.3 is 4.90 Å². The zero-order valence-electron chi connectivity index (χ0n) is 8.51. The first-order chi connectivity index (χ1) is 6.06. The molecule has 0 spiro atoms. The number of nitrogens with one attached hydrogen (secondary N) is 1. The third-order valence-electron chi connectivity index (χ3n) is 2.00. The minimum absolute atomic E-state index is 0.0458. The van der Waals surface area contributed by atoms with Crippen molar-refractivity contribution in [1.82, 2.24) is 9.97 Å². The van der Waals surface area contributed by atoms with Crippen molar-refractivity contribution in [1.29, 1.82) is 0 Å². The van der Waals surface area contributed by atoms with Gasteiger partial charge in [-0.1, -0.05) is 6.92 Å². The predicted octanol–water partition coefficient (Wildman–Crippen LogP) is 0.707. The number of rotatable bonds is 2. The fraction of sp³-hybridized carbons (Fsp3) is 0.556. The molecule has 0 atom stereocenters. The van der Waals surface area contributed by atoms with Crippen LogP contribution in [-0.2, 0) is 6.42 Å². The molecule has 1 N–H and O–H groups in total. The third kappa shape index (κ3) is 1.88. The zero-order valence-corrected chi connectivity index (χ0v) is 8.51. The van der Waals surface area contributed by atoms with Crippen molar-refractivity contribution in [3.05, 3.63) is 21.6 Å². The van der Waals surface area contributed by atoms with Crippen molar-refractivity contribution in [2.24, 2.45) is 0 Å². The average Bonchev–Trinajstić information content (AvgIpc) is 2.09. The Morgan fingerprint density at radius 3 is 2.54 bits per heavy atom. The van der Waals surface area contributed by atoms with Crippen molar-refractivity contribution < 1.29 is 0 Å². The second-order valence-corrected chi connectivity index (χ2v) is 3.21. The molecule has 0 unspecified atom stereocenters. The van der Waals surface area contributed by atoms with Gasteiger partial charge in [0.05, 0.1) is 5.69 Å². The van der Waals surface area contributed by atoms with Gasteiger partial charge >= 0.3 is 0 Å². The summed E-state index contributed by atoms with van der Waals surface area (Å²) in [5.74, 6) is 0.618. The van der Waals surface area contributed by atoms with E-state index in [2.05, 4.69) is 9.97 Å². The number of aromatic nitrogens is 2. The maximum Gasteiger partial charge on any atom is 0.255 e. The van der Waals surface area contributed by atoms with Gasteiger partial charge in [0.15, 0.2) is 0 Å². The average molecular weight is 181 g/mol. The molecule has 0 aliphatic carbocycles. The normalized spacial score (nSPS) is 10.2. The minimum Gasteiger partial charge on any atom is -0.348 e. The molecule has 0 saturated heterocycles. The van der Waals surface area contributed by atoms with Crippen LogP contribution < -0.4 is 10.5 Å². The summed E-state index contributed by atoms with van der Waals surface area (Å²) in [4.78, 5) is 20.2. The predicted molar refractivity (Wildman–Crippen MR) is 53.3 cm³/mol. The van der Waals surface area contributed by atoms with Crippen molar-refractivity contribution in [2.45, 2.75) is 20.3 Å². The van der Waals surface area contributed by atoms with Gasteiger partial charge in [0.25, 0.3) is 5.56 Å². The largest absolute Gasteiger partial charge is 0.348 e. The number of hydrogen-bond donors (Lipinski definition) is 1. The highest BCUT2D eigenvalue weighted by Gasteiger charge is 2.06. The Bertz CT molecular complexity index is 354. The standard InChI is InChI=1S/C9H15N3O/c1-5-7-6(2)8(13)11-9(10-7)12(3)4/h5H2,1-4H3,(H,10,11,13). The summed E-state index contributed by atoms with van der Waals surface area (Å²) < 4.78 is 0. The van der Waals surface area contributed by atoms with Gasteiger partial charge in [-0.25, -0.2) is 4.98 Å². The van der Waals surface area contributed by atoms with E-state index in [4.69, 9.17) is 0 Å². The Hall–Kier alpha value is -1.32. The number of hydrogen-bond acceptors (Lipinski definition) is 3. The van der Waals surface area contributed by atoms with Crippen LogP contribution in [0.4, 0.5) is 5.95 Å².